The van der Waals surface area contributed by atoms with E-state index in [0.29, 0.717) is 25.7 Å². The van der Waals surface area contributed by atoms with Gasteiger partial charge in [-0.1, -0.05) is 168 Å². The zero-order valence-electron chi connectivity index (χ0n) is 50.4. The number of aliphatic carboxylic acids is 3. The molecular formula is C60H110N6O16. The predicted molar refractivity (Wildman–Crippen MR) is 314 cm³/mol. The van der Waals surface area contributed by atoms with Gasteiger partial charge in [-0.25, -0.2) is 14.4 Å². The minimum Gasteiger partial charge on any atom is -0.480 e. The first-order valence-corrected chi connectivity index (χ1v) is 31.4. The van der Waals surface area contributed by atoms with Gasteiger partial charge in [0, 0.05) is 45.3 Å². The number of rotatable bonds is 61. The number of hydrogen-bond donors (Lipinski definition) is 9. The van der Waals surface area contributed by atoms with Crippen molar-refractivity contribution in [1.82, 2.24) is 31.9 Å². The van der Waals surface area contributed by atoms with Crippen LogP contribution in [0.15, 0.2) is 0 Å². The molecule has 0 unspecified atom stereocenters. The molecule has 22 heteroatoms. The number of carboxylic acids is 3. The van der Waals surface area contributed by atoms with E-state index in [0.717, 1.165) is 38.5 Å². The maximum atomic E-state index is 13.4. The number of ether oxygens (including phenoxy) is 4. The standard InChI is InChI=1S/C60H110N6O16/c1-3-5-7-9-11-13-15-17-19-21-23-25-27-32-53(68)65-50(59(75)76)34-36-52(67)61-38-30-29-31-49(58(74)63-40-42-80-43-45-81-47-56(71)62-39-41-79-44-46-82-48-57(72)73)64-55(70)37-35-51(60(77)78)66-54(69)33-28-26-24-22-20-18-16-14-12-10-8-6-4-2/h49-51H,3-48H2,1-2H3,(H,61,67)(H,62,71)(H,63,74)(H,64,70)(H,65,68)(H,66,69)(H,72,73)(H,75,76)(H,77,78)/t49-,50-,51-/m0/s1. The van der Waals surface area contributed by atoms with E-state index in [1.807, 2.05) is 0 Å². The number of carbonyl (C=O) groups excluding carboxylic acids is 6. The summed E-state index contributed by atoms with van der Waals surface area (Å²) in [6.45, 7) is 5.03. The van der Waals surface area contributed by atoms with Crippen molar-refractivity contribution in [3.63, 3.8) is 0 Å². The van der Waals surface area contributed by atoms with Gasteiger partial charge in [0.1, 0.15) is 31.3 Å². The van der Waals surface area contributed by atoms with Crippen molar-refractivity contribution in [3.8, 4) is 0 Å². The summed E-state index contributed by atoms with van der Waals surface area (Å²) in [6, 6.07) is -3.54. The monoisotopic (exact) mass is 1170 g/mol. The Kier molecular flexibility index (Phi) is 53.1. The predicted octanol–water partition coefficient (Wildman–Crippen LogP) is 7.80. The molecular weight excluding hydrogens is 1060 g/mol. The van der Waals surface area contributed by atoms with E-state index in [4.69, 9.17) is 24.1 Å². The lowest BCUT2D eigenvalue weighted by atomic mass is 10.0. The molecule has 0 rings (SSSR count). The highest BCUT2D eigenvalue weighted by Crippen LogP contribution is 2.15. The summed E-state index contributed by atoms with van der Waals surface area (Å²) in [5.41, 5.74) is 0. The number of nitrogens with one attached hydrogen (secondary N) is 6. The fourth-order valence-corrected chi connectivity index (χ4v) is 8.98. The summed E-state index contributed by atoms with van der Waals surface area (Å²) in [4.78, 5) is 111. The Hall–Kier alpha value is -4.93. The Morgan fingerprint density at radius 3 is 1.10 bits per heavy atom. The Labute approximate surface area is 490 Å². The van der Waals surface area contributed by atoms with Gasteiger partial charge in [-0.3, -0.25) is 28.8 Å². The second-order valence-electron chi connectivity index (χ2n) is 21.3. The van der Waals surface area contributed by atoms with Crippen LogP contribution in [0.4, 0.5) is 0 Å². The Morgan fingerprint density at radius 1 is 0.317 bits per heavy atom. The summed E-state index contributed by atoms with van der Waals surface area (Å²) in [5.74, 6) is -6.24. The van der Waals surface area contributed by atoms with Crippen LogP contribution in [-0.4, -0.2) is 159 Å². The summed E-state index contributed by atoms with van der Waals surface area (Å²) in [7, 11) is 0. The first-order chi connectivity index (χ1) is 39.7. The van der Waals surface area contributed by atoms with E-state index in [9.17, 15) is 53.4 Å². The third kappa shape index (κ3) is 51.9. The molecule has 0 radical (unpaired) electrons. The van der Waals surface area contributed by atoms with Gasteiger partial charge in [0.15, 0.2) is 0 Å². The topological polar surface area (TPSA) is 323 Å². The van der Waals surface area contributed by atoms with Gasteiger partial charge in [-0.15, -0.1) is 0 Å². The van der Waals surface area contributed by atoms with Crippen LogP contribution in [-0.2, 0) is 62.1 Å². The molecule has 0 bridgehead atoms. The molecule has 0 saturated heterocycles. The lowest BCUT2D eigenvalue weighted by Gasteiger charge is -2.20. The van der Waals surface area contributed by atoms with Crippen molar-refractivity contribution in [2.75, 3.05) is 72.5 Å². The number of amides is 6. The molecule has 0 aliphatic rings. The quantitative estimate of drug-likeness (QED) is 0.0262. The fraction of sp³-hybridized carbons (Fsp3) is 0.850. The first kappa shape index (κ1) is 77.1. The molecule has 0 aliphatic carbocycles. The molecule has 0 saturated carbocycles. The van der Waals surface area contributed by atoms with E-state index in [2.05, 4.69) is 45.7 Å². The minimum absolute atomic E-state index is 0.0622. The Bertz CT molecular complexity index is 1690. The summed E-state index contributed by atoms with van der Waals surface area (Å²) in [6.07, 6.45) is 30.9. The second kappa shape index (κ2) is 56.5. The van der Waals surface area contributed by atoms with Crippen molar-refractivity contribution < 1.29 is 77.4 Å². The number of hydrogen-bond acceptors (Lipinski definition) is 13. The molecule has 0 aromatic rings. The second-order valence-corrected chi connectivity index (χ2v) is 21.3. The van der Waals surface area contributed by atoms with Crippen molar-refractivity contribution in [1.29, 1.82) is 0 Å². The van der Waals surface area contributed by atoms with Crippen LogP contribution < -0.4 is 31.9 Å². The summed E-state index contributed by atoms with van der Waals surface area (Å²) >= 11 is 0. The van der Waals surface area contributed by atoms with E-state index < -0.39 is 66.3 Å². The third-order valence-corrected chi connectivity index (χ3v) is 13.8. The maximum Gasteiger partial charge on any atom is 0.329 e. The number of carboxylic acid groups (broad SMARTS) is 3. The van der Waals surface area contributed by atoms with E-state index in [-0.39, 0.29) is 123 Å². The van der Waals surface area contributed by atoms with Crippen LogP contribution in [0.25, 0.3) is 0 Å². The molecule has 9 N–H and O–H groups in total. The summed E-state index contributed by atoms with van der Waals surface area (Å²) in [5, 5.41) is 44.0. The first-order valence-electron chi connectivity index (χ1n) is 31.4. The van der Waals surface area contributed by atoms with Crippen molar-refractivity contribution in [2.24, 2.45) is 0 Å². The van der Waals surface area contributed by atoms with Gasteiger partial charge in [0.25, 0.3) is 0 Å². The zero-order chi connectivity index (χ0) is 60.5. The maximum absolute atomic E-state index is 13.4. The highest BCUT2D eigenvalue weighted by molar-refractivity contribution is 5.88. The average molecular weight is 1170 g/mol. The van der Waals surface area contributed by atoms with Crippen molar-refractivity contribution in [3.05, 3.63) is 0 Å². The molecule has 0 aromatic heterocycles. The summed E-state index contributed by atoms with van der Waals surface area (Å²) < 4.78 is 20.9. The van der Waals surface area contributed by atoms with Gasteiger partial charge < -0.3 is 66.2 Å². The molecule has 0 aliphatic heterocycles. The highest BCUT2D eigenvalue weighted by atomic mass is 16.5. The molecule has 3 atom stereocenters. The molecule has 0 heterocycles. The Balaban J connectivity index is 4.93. The number of carbonyl (C=O) groups is 9. The minimum atomic E-state index is -1.30. The normalized spacial score (nSPS) is 12.2. The van der Waals surface area contributed by atoms with Crippen LogP contribution in [0, 0.1) is 0 Å². The van der Waals surface area contributed by atoms with Crippen LogP contribution in [0.1, 0.15) is 239 Å². The van der Waals surface area contributed by atoms with Gasteiger partial charge in [-0.05, 0) is 44.9 Å². The third-order valence-electron chi connectivity index (χ3n) is 13.8. The highest BCUT2D eigenvalue weighted by Gasteiger charge is 2.25. The average Bonchev–Trinajstić information content (AvgIpc) is 3.44. The lowest BCUT2D eigenvalue weighted by Crippen LogP contribution is -2.48. The van der Waals surface area contributed by atoms with Crippen LogP contribution in [0.5, 0.6) is 0 Å². The zero-order valence-corrected chi connectivity index (χ0v) is 50.4. The largest absolute Gasteiger partial charge is 0.480 e. The van der Waals surface area contributed by atoms with Crippen LogP contribution in [0.2, 0.25) is 0 Å². The smallest absolute Gasteiger partial charge is 0.329 e. The van der Waals surface area contributed by atoms with Gasteiger partial charge in [-0.2, -0.15) is 0 Å². The van der Waals surface area contributed by atoms with Crippen LogP contribution in [0.3, 0.4) is 0 Å². The van der Waals surface area contributed by atoms with Gasteiger partial charge in [0.2, 0.25) is 35.4 Å². The van der Waals surface area contributed by atoms with E-state index >= 15 is 0 Å². The molecule has 6 amide bonds. The lowest BCUT2D eigenvalue weighted by molar-refractivity contribution is -0.143. The molecule has 476 valence electrons. The van der Waals surface area contributed by atoms with E-state index in [1.165, 1.54) is 116 Å². The Morgan fingerprint density at radius 2 is 0.671 bits per heavy atom. The molecule has 22 nitrogen and oxygen atoms in total. The fourth-order valence-electron chi connectivity index (χ4n) is 8.98. The van der Waals surface area contributed by atoms with E-state index in [1.54, 1.807) is 0 Å². The SMILES string of the molecule is CCCCCCCCCCCCCCCC(=O)N[C@@H](CCC(=O)NCCCC[C@H](NC(=O)CC[C@H](NC(=O)CCCCCCCCCCCCCCC)C(=O)O)C(=O)NCCOCCOCC(=O)NCCOCCOCC(=O)O)C(=O)O. The van der Waals surface area contributed by atoms with Gasteiger partial charge >= 0.3 is 17.9 Å². The number of unbranched alkanes of at least 4 members (excludes halogenated alkanes) is 25. The molecule has 0 spiro atoms. The molecule has 0 aromatic carbocycles. The van der Waals surface area contributed by atoms with Crippen molar-refractivity contribution >= 4 is 53.4 Å². The van der Waals surface area contributed by atoms with Crippen LogP contribution >= 0.6 is 0 Å². The van der Waals surface area contributed by atoms with Gasteiger partial charge in [0.05, 0.1) is 39.6 Å². The molecule has 82 heavy (non-hydrogen) atoms. The molecule has 0 fully saturated rings. The van der Waals surface area contributed by atoms with Crippen molar-refractivity contribution in [2.45, 2.75) is 257 Å².